The monoisotopic (exact) mass is 149 g/mol. The van der Waals surface area contributed by atoms with E-state index in [1.54, 1.807) is 6.07 Å². The van der Waals surface area contributed by atoms with Crippen molar-refractivity contribution in [3.8, 4) is 0 Å². The molecule has 0 bridgehead atoms. The molecule has 2 nitrogen and oxygen atoms in total. The van der Waals surface area contributed by atoms with Gasteiger partial charge in [-0.15, -0.1) is 0 Å². The molecule has 1 heterocycles. The highest BCUT2D eigenvalue weighted by molar-refractivity contribution is 6.04. The van der Waals surface area contributed by atoms with Gasteiger partial charge in [0.15, 0.2) is 0 Å². The second-order valence-electron chi connectivity index (χ2n) is 2.45. The lowest BCUT2D eigenvalue weighted by Crippen LogP contribution is -1.89. The highest BCUT2D eigenvalue weighted by Gasteiger charge is 2.13. The molecule has 1 aliphatic heterocycles. The highest BCUT2D eigenvalue weighted by Crippen LogP contribution is 2.22. The maximum absolute atomic E-state index is 12.6. The SMILES string of the molecule is CC1=N[N]c2ccc(F)cc21. The Morgan fingerprint density at radius 3 is 3.00 bits per heavy atom. The van der Waals surface area contributed by atoms with E-state index in [1.807, 2.05) is 6.92 Å². The van der Waals surface area contributed by atoms with Crippen LogP contribution in [0.3, 0.4) is 0 Å². The van der Waals surface area contributed by atoms with Crippen molar-refractivity contribution in [1.82, 2.24) is 5.43 Å². The maximum atomic E-state index is 12.6. The average Bonchev–Trinajstić information content (AvgIpc) is 2.33. The summed E-state index contributed by atoms with van der Waals surface area (Å²) in [6, 6.07) is 4.46. The Hall–Kier alpha value is -1.38. The van der Waals surface area contributed by atoms with Crippen LogP contribution < -0.4 is 5.43 Å². The quantitative estimate of drug-likeness (QED) is 0.537. The third-order valence-electron chi connectivity index (χ3n) is 1.66. The molecule has 1 aliphatic rings. The zero-order chi connectivity index (χ0) is 7.84. The largest absolute Gasteiger partial charge is 0.207 e. The summed E-state index contributed by atoms with van der Waals surface area (Å²) in [5.74, 6) is -0.240. The van der Waals surface area contributed by atoms with Crippen LogP contribution in [0.25, 0.3) is 0 Å². The van der Waals surface area contributed by atoms with Gasteiger partial charge in [0.2, 0.25) is 0 Å². The molecule has 11 heavy (non-hydrogen) atoms. The lowest BCUT2D eigenvalue weighted by molar-refractivity contribution is 0.627. The van der Waals surface area contributed by atoms with Gasteiger partial charge in [0.05, 0.1) is 11.4 Å². The van der Waals surface area contributed by atoms with Crippen LogP contribution in [0.2, 0.25) is 0 Å². The molecule has 0 atom stereocenters. The van der Waals surface area contributed by atoms with Crippen LogP contribution in [0.5, 0.6) is 0 Å². The second-order valence-corrected chi connectivity index (χ2v) is 2.45. The molecule has 0 unspecified atom stereocenters. The van der Waals surface area contributed by atoms with Crippen LogP contribution in [0, 0.1) is 5.82 Å². The third kappa shape index (κ3) is 0.888. The molecule has 0 spiro atoms. The summed E-state index contributed by atoms with van der Waals surface area (Å²) in [5, 5.41) is 3.82. The van der Waals surface area contributed by atoms with E-state index in [9.17, 15) is 4.39 Å². The zero-order valence-corrected chi connectivity index (χ0v) is 6.00. The van der Waals surface area contributed by atoms with E-state index < -0.39 is 0 Å². The summed E-state index contributed by atoms with van der Waals surface area (Å²) in [7, 11) is 0. The van der Waals surface area contributed by atoms with Gasteiger partial charge in [-0.2, -0.15) is 10.5 Å². The summed E-state index contributed by atoms with van der Waals surface area (Å²) < 4.78 is 12.6. The van der Waals surface area contributed by atoms with Crippen molar-refractivity contribution < 1.29 is 4.39 Å². The first-order valence-electron chi connectivity index (χ1n) is 3.32. The van der Waals surface area contributed by atoms with Gasteiger partial charge >= 0.3 is 0 Å². The second kappa shape index (κ2) is 2.05. The fourth-order valence-electron chi connectivity index (χ4n) is 1.07. The summed E-state index contributed by atoms with van der Waals surface area (Å²) in [4.78, 5) is 0. The van der Waals surface area contributed by atoms with E-state index in [1.165, 1.54) is 12.1 Å². The zero-order valence-electron chi connectivity index (χ0n) is 6.00. The van der Waals surface area contributed by atoms with Gasteiger partial charge in [-0.1, -0.05) is 0 Å². The van der Waals surface area contributed by atoms with Crippen LogP contribution in [0.1, 0.15) is 12.5 Å². The van der Waals surface area contributed by atoms with Crippen molar-refractivity contribution in [2.75, 3.05) is 0 Å². The van der Waals surface area contributed by atoms with Gasteiger partial charge in [-0.3, -0.25) is 0 Å². The first-order valence-corrected chi connectivity index (χ1v) is 3.32. The number of halogens is 1. The maximum Gasteiger partial charge on any atom is 0.124 e. The van der Waals surface area contributed by atoms with Crippen molar-refractivity contribution in [2.45, 2.75) is 6.92 Å². The van der Waals surface area contributed by atoms with Gasteiger partial charge in [0, 0.05) is 5.56 Å². The molecule has 1 radical (unpaired) electrons. The van der Waals surface area contributed by atoms with Gasteiger partial charge in [0.1, 0.15) is 5.82 Å². The Balaban J connectivity index is 2.60. The minimum absolute atomic E-state index is 0.240. The topological polar surface area (TPSA) is 26.5 Å². The van der Waals surface area contributed by atoms with Crippen LogP contribution in [-0.4, -0.2) is 5.71 Å². The number of hydrogen-bond acceptors (Lipinski definition) is 1. The van der Waals surface area contributed by atoms with E-state index in [2.05, 4.69) is 10.5 Å². The van der Waals surface area contributed by atoms with Gasteiger partial charge in [-0.05, 0) is 25.1 Å². The van der Waals surface area contributed by atoms with E-state index >= 15 is 0 Å². The number of fused-ring (bicyclic) bond motifs is 1. The standard InChI is InChI=1S/C8H6FN2/c1-5-7-4-6(9)2-3-8(7)11-10-5/h2-4H,1H3. The van der Waals surface area contributed by atoms with Crippen molar-refractivity contribution in [3.05, 3.63) is 29.6 Å². The molecule has 0 N–H and O–H groups in total. The molecule has 0 aromatic heterocycles. The van der Waals surface area contributed by atoms with Crippen LogP contribution in [-0.2, 0) is 0 Å². The molecule has 3 heteroatoms. The van der Waals surface area contributed by atoms with Gasteiger partial charge in [-0.25, -0.2) is 4.39 Å². The fraction of sp³-hybridized carbons (Fsp3) is 0.125. The normalized spacial score (nSPS) is 13.8. The smallest absolute Gasteiger partial charge is 0.124 e. The minimum Gasteiger partial charge on any atom is -0.207 e. The van der Waals surface area contributed by atoms with Gasteiger partial charge < -0.3 is 0 Å². The van der Waals surface area contributed by atoms with E-state index in [0.29, 0.717) is 0 Å². The Morgan fingerprint density at radius 1 is 1.36 bits per heavy atom. The summed E-state index contributed by atoms with van der Waals surface area (Å²) in [6.07, 6.45) is 0. The Kier molecular flexibility index (Phi) is 1.18. The molecule has 0 fully saturated rings. The van der Waals surface area contributed by atoms with E-state index in [-0.39, 0.29) is 5.82 Å². The van der Waals surface area contributed by atoms with E-state index in [0.717, 1.165) is 17.0 Å². The third-order valence-corrected chi connectivity index (χ3v) is 1.66. The van der Waals surface area contributed by atoms with Crippen molar-refractivity contribution >= 4 is 11.4 Å². The summed E-state index contributed by atoms with van der Waals surface area (Å²) in [5.41, 5.74) is 6.17. The minimum atomic E-state index is -0.240. The Morgan fingerprint density at radius 2 is 2.18 bits per heavy atom. The first kappa shape index (κ1) is 6.34. The number of hydrogen-bond donors (Lipinski definition) is 0. The summed E-state index contributed by atoms with van der Waals surface area (Å²) in [6.45, 7) is 1.81. The number of benzene rings is 1. The molecule has 0 aliphatic carbocycles. The first-order chi connectivity index (χ1) is 5.27. The molecule has 0 saturated heterocycles. The summed E-state index contributed by atoms with van der Waals surface area (Å²) >= 11 is 0. The molecule has 1 aromatic carbocycles. The van der Waals surface area contributed by atoms with Crippen LogP contribution in [0.4, 0.5) is 10.1 Å². The van der Waals surface area contributed by atoms with Crippen molar-refractivity contribution in [2.24, 2.45) is 5.10 Å². The lowest BCUT2D eigenvalue weighted by Gasteiger charge is -1.95. The van der Waals surface area contributed by atoms with E-state index in [4.69, 9.17) is 0 Å². The Labute approximate surface area is 63.7 Å². The molecule has 2 rings (SSSR count). The lowest BCUT2D eigenvalue weighted by atomic mass is 10.1. The van der Waals surface area contributed by atoms with Crippen LogP contribution in [0.15, 0.2) is 23.3 Å². The molecule has 1 aromatic rings. The number of rotatable bonds is 0. The predicted octanol–water partition coefficient (Wildman–Crippen LogP) is 1.80. The number of nitrogens with zero attached hydrogens (tertiary/aromatic N) is 2. The predicted molar refractivity (Wildman–Crippen MR) is 40.4 cm³/mol. The average molecular weight is 149 g/mol. The Bertz CT molecular complexity index is 331. The molecular formula is C8H6FN2. The molecule has 55 valence electrons. The molecule has 0 saturated carbocycles. The molecular weight excluding hydrogens is 143 g/mol. The van der Waals surface area contributed by atoms with Crippen LogP contribution >= 0.6 is 0 Å². The van der Waals surface area contributed by atoms with Gasteiger partial charge in [0.25, 0.3) is 0 Å². The fourth-order valence-corrected chi connectivity index (χ4v) is 1.07. The highest BCUT2D eigenvalue weighted by atomic mass is 19.1. The van der Waals surface area contributed by atoms with Crippen molar-refractivity contribution in [1.29, 1.82) is 0 Å². The molecule has 0 amide bonds. The van der Waals surface area contributed by atoms with Crippen molar-refractivity contribution in [3.63, 3.8) is 0 Å².